The van der Waals surface area contributed by atoms with Crippen LogP contribution >= 0.6 is 11.6 Å². The summed E-state index contributed by atoms with van der Waals surface area (Å²) in [6.07, 6.45) is -12.1. The summed E-state index contributed by atoms with van der Waals surface area (Å²) in [6, 6.07) is 4.83. The highest BCUT2D eigenvalue weighted by molar-refractivity contribution is 7.92. The molecule has 1 aliphatic rings. The van der Waals surface area contributed by atoms with Crippen molar-refractivity contribution in [2.45, 2.75) is 95.0 Å². The molecule has 3 heterocycles. The molecule has 0 saturated heterocycles. The molecule has 72 heavy (non-hydrogen) atoms. The van der Waals surface area contributed by atoms with E-state index in [0.29, 0.717) is 12.3 Å². The minimum absolute atomic E-state index is 0.0107. The van der Waals surface area contributed by atoms with Crippen LogP contribution in [-0.4, -0.2) is 94.5 Å². The molecular weight excluding hydrogens is 1050 g/mol. The van der Waals surface area contributed by atoms with E-state index in [9.17, 15) is 66.3 Å². The number of carboxylic acid groups (broad SMARTS) is 1. The summed E-state index contributed by atoms with van der Waals surface area (Å²) in [5.74, 6) is -13.6. The molecule has 3 aromatic heterocycles. The first-order valence-electron chi connectivity index (χ1n) is 21.1. The summed E-state index contributed by atoms with van der Waals surface area (Å²) in [4.78, 5) is 43.3. The quantitative estimate of drug-likeness (QED) is 0.0891. The Kier molecular flexibility index (Phi) is 14.9. The fourth-order valence-electron chi connectivity index (χ4n) is 8.15. The van der Waals surface area contributed by atoms with Crippen molar-refractivity contribution in [1.82, 2.24) is 29.9 Å². The number of aromatic nitrogens is 5. The number of carbonyl (C=O) groups excluding carboxylic acids is 2. The van der Waals surface area contributed by atoms with E-state index in [-0.39, 0.29) is 43.3 Å². The number of ether oxygens (including phenoxy) is 1. The predicted octanol–water partition coefficient (Wildman–Crippen LogP) is 8.50. The molecule has 0 saturated carbocycles. The molecule has 2 aromatic carbocycles. The summed E-state index contributed by atoms with van der Waals surface area (Å²) in [5, 5.41) is 17.4. The van der Waals surface area contributed by atoms with Gasteiger partial charge in [0.15, 0.2) is 28.0 Å². The van der Waals surface area contributed by atoms with E-state index in [1.165, 1.54) is 26.0 Å². The third kappa shape index (κ3) is 11.4. The van der Waals surface area contributed by atoms with E-state index in [1.54, 1.807) is 0 Å². The Bertz CT molecular complexity index is 3200. The number of aryl methyl sites for hydroxylation is 1. The van der Waals surface area contributed by atoms with Gasteiger partial charge in [-0.05, 0) is 68.9 Å². The molecule has 0 radical (unpaired) electrons. The van der Waals surface area contributed by atoms with Gasteiger partial charge >= 0.3 is 24.4 Å². The number of hydrogen-bond acceptors (Lipinski definition) is 11. The number of anilines is 1. The fourth-order valence-corrected chi connectivity index (χ4v) is 9.62. The second-order valence-corrected chi connectivity index (χ2v) is 22.6. The molecule has 392 valence electrons. The zero-order valence-electron chi connectivity index (χ0n) is 38.4. The van der Waals surface area contributed by atoms with Crippen molar-refractivity contribution >= 4 is 66.2 Å². The van der Waals surface area contributed by atoms with Crippen LogP contribution in [-0.2, 0) is 72.2 Å². The lowest BCUT2D eigenvalue weighted by Crippen LogP contribution is -2.38. The Labute approximate surface area is 408 Å². The molecule has 5 aromatic rings. The van der Waals surface area contributed by atoms with Gasteiger partial charge in [0.2, 0.25) is 15.9 Å². The van der Waals surface area contributed by atoms with Crippen molar-refractivity contribution in [2.75, 3.05) is 23.4 Å². The van der Waals surface area contributed by atoms with E-state index < -0.39 is 166 Å². The minimum atomic E-state index is -5.27. The van der Waals surface area contributed by atoms with Crippen molar-refractivity contribution in [1.29, 1.82) is 0 Å². The second kappa shape index (κ2) is 19.4. The number of nitrogens with one attached hydrogen (secondary N) is 1. The van der Waals surface area contributed by atoms with Gasteiger partial charge in [-0.15, -0.1) is 0 Å². The van der Waals surface area contributed by atoms with E-state index in [4.69, 9.17) is 16.7 Å². The number of aliphatic carboxylic acids is 1. The first kappa shape index (κ1) is 55.3. The number of sulfone groups is 1. The number of carboxylic acids is 1. The summed E-state index contributed by atoms with van der Waals surface area (Å²) in [5.41, 5.74) is -5.85. The molecule has 29 heteroatoms. The molecular formula is C43H42ClF10N7O9S2. The molecule has 2 N–H and O–H groups in total. The number of halogens is 11. The van der Waals surface area contributed by atoms with Crippen molar-refractivity contribution in [3.05, 3.63) is 93.0 Å². The molecule has 0 bridgehead atoms. The zero-order valence-corrected chi connectivity index (χ0v) is 40.8. The molecule has 0 spiro atoms. The summed E-state index contributed by atoms with van der Waals surface area (Å²) in [6.45, 7) is 0.0934. The zero-order chi connectivity index (χ0) is 54.0. The van der Waals surface area contributed by atoms with Gasteiger partial charge in [-0.2, -0.15) is 49.6 Å². The van der Waals surface area contributed by atoms with Crippen LogP contribution in [0.15, 0.2) is 42.5 Å². The van der Waals surface area contributed by atoms with Crippen LogP contribution in [0.3, 0.4) is 0 Å². The number of pyridine rings is 1. The van der Waals surface area contributed by atoms with Crippen LogP contribution in [0.1, 0.15) is 80.0 Å². The van der Waals surface area contributed by atoms with Gasteiger partial charge in [0.25, 0.3) is 5.92 Å². The normalized spacial score (nSPS) is 16.7. The van der Waals surface area contributed by atoms with Gasteiger partial charge in [-0.3, -0.25) is 19.1 Å². The number of amides is 2. The van der Waals surface area contributed by atoms with Gasteiger partial charge in [0.1, 0.15) is 30.4 Å². The number of carbonyl (C=O) groups is 3. The van der Waals surface area contributed by atoms with Crippen molar-refractivity contribution in [2.24, 2.45) is 5.92 Å². The molecule has 1 aliphatic carbocycles. The van der Waals surface area contributed by atoms with Crippen LogP contribution < -0.4 is 9.62 Å². The standard InChI is InChI=1S/C43H42ClF10N7O9S2/c1-20-21(2)42(50,51)37-32(20)36(43(52,53)54)57-59(37)17-30(62)56-29(15-22-13-23(45)16-24(46)14-22)34-26(8-7-25(55-34)11-12-40(3,4)71(5,66)67)27-9-10-28(44)33-35(27)60(19-41(47,48)49)58-38(33)61(72(6,68)69)39(65)70-18-31(63)64/h7-10,13-14,16,20-21,29H,11-12,15,17-19H2,1-6H3,(H,56,62)(H,63,64)/t20-,21+,29-/m0/s1. The van der Waals surface area contributed by atoms with Crippen molar-refractivity contribution in [3.63, 3.8) is 0 Å². The van der Waals surface area contributed by atoms with E-state index >= 15 is 8.78 Å². The highest BCUT2D eigenvalue weighted by Crippen LogP contribution is 2.55. The Morgan fingerprint density at radius 3 is 2.10 bits per heavy atom. The van der Waals surface area contributed by atoms with Gasteiger partial charge < -0.3 is 15.2 Å². The summed E-state index contributed by atoms with van der Waals surface area (Å²) >= 11 is 6.54. The molecule has 2 amide bonds. The number of benzene rings is 2. The number of fused-ring (bicyclic) bond motifs is 2. The predicted molar refractivity (Wildman–Crippen MR) is 237 cm³/mol. The molecule has 0 unspecified atom stereocenters. The first-order chi connectivity index (χ1) is 32.9. The Hall–Kier alpha value is -6.03. The summed E-state index contributed by atoms with van der Waals surface area (Å²) < 4.78 is 202. The monoisotopic (exact) mass is 1090 g/mol. The molecule has 0 fully saturated rings. The van der Waals surface area contributed by atoms with E-state index in [2.05, 4.69) is 25.2 Å². The lowest BCUT2D eigenvalue weighted by Gasteiger charge is -2.25. The Morgan fingerprint density at radius 2 is 1.54 bits per heavy atom. The summed E-state index contributed by atoms with van der Waals surface area (Å²) in [7, 11) is -8.73. The van der Waals surface area contributed by atoms with E-state index in [1.807, 2.05) is 0 Å². The highest BCUT2D eigenvalue weighted by atomic mass is 35.5. The third-order valence-corrected chi connectivity index (χ3v) is 15.6. The van der Waals surface area contributed by atoms with Crippen LogP contribution in [0, 0.1) is 17.6 Å². The van der Waals surface area contributed by atoms with Crippen LogP contribution in [0.2, 0.25) is 5.02 Å². The second-order valence-electron chi connectivity index (χ2n) is 17.7. The topological polar surface area (TPSA) is 213 Å². The molecule has 0 aliphatic heterocycles. The third-order valence-electron chi connectivity index (χ3n) is 12.1. The number of rotatable bonds is 16. The number of hydrogen-bond donors (Lipinski definition) is 2. The maximum absolute atomic E-state index is 15.8. The smallest absolute Gasteiger partial charge is 0.435 e. The fraction of sp³-hybridized carbons (Fsp3) is 0.442. The maximum atomic E-state index is 15.8. The van der Waals surface area contributed by atoms with Gasteiger partial charge in [-0.25, -0.2) is 35.2 Å². The average Bonchev–Trinajstić information content (AvgIpc) is 3.84. The molecule has 6 rings (SSSR count). The van der Waals surface area contributed by atoms with Gasteiger partial charge in [-0.1, -0.05) is 37.6 Å². The van der Waals surface area contributed by atoms with Crippen LogP contribution in [0.5, 0.6) is 0 Å². The maximum Gasteiger partial charge on any atom is 0.435 e. The van der Waals surface area contributed by atoms with Crippen molar-refractivity contribution in [3.8, 4) is 11.1 Å². The van der Waals surface area contributed by atoms with Gasteiger partial charge in [0.05, 0.1) is 38.7 Å². The molecule has 16 nitrogen and oxygen atoms in total. The van der Waals surface area contributed by atoms with Gasteiger partial charge in [0, 0.05) is 40.6 Å². The average molecular weight is 1090 g/mol. The lowest BCUT2D eigenvalue weighted by molar-refractivity contribution is -0.143. The first-order valence-corrected chi connectivity index (χ1v) is 25.2. The molecule has 3 atom stereocenters. The largest absolute Gasteiger partial charge is 0.479 e. The minimum Gasteiger partial charge on any atom is -0.479 e. The number of alkyl halides is 8. The van der Waals surface area contributed by atoms with Crippen LogP contribution in [0.4, 0.5) is 54.5 Å². The Balaban J connectivity index is 1.64. The highest BCUT2D eigenvalue weighted by Gasteiger charge is 2.57. The van der Waals surface area contributed by atoms with E-state index in [0.717, 1.165) is 44.4 Å². The SMILES string of the molecule is C[C@@H]1c2c(C(F)(F)F)nn(CC(=O)N[C@@H](Cc3cc(F)cc(F)c3)c3nc(CCC(C)(C)S(C)(=O)=O)ccc3-c3ccc(Cl)c4c(N(C(=O)OCC(=O)O)S(C)(=O)=O)nn(CC(F)(F)F)c34)c2C(F)(F)[C@@H]1C. The van der Waals surface area contributed by atoms with Crippen molar-refractivity contribution < 1.29 is 85.0 Å². The van der Waals surface area contributed by atoms with Crippen LogP contribution in [0.25, 0.3) is 22.0 Å². The lowest BCUT2D eigenvalue weighted by atomic mass is 9.93. The number of sulfonamides is 1. The Morgan fingerprint density at radius 1 is 0.931 bits per heavy atom. The number of nitrogens with zero attached hydrogens (tertiary/aromatic N) is 6.